The predicted molar refractivity (Wildman–Crippen MR) is 77.5 cm³/mol. The van der Waals surface area contributed by atoms with Crippen LogP contribution >= 0.6 is 0 Å². The molecule has 2 aromatic rings. The smallest absolute Gasteiger partial charge is 0.196 e. The molecule has 0 spiro atoms. The van der Waals surface area contributed by atoms with Crippen LogP contribution in [0.5, 0.6) is 5.75 Å². The monoisotopic (exact) mass is 284 g/mol. The van der Waals surface area contributed by atoms with Crippen LogP contribution in [0.2, 0.25) is 0 Å². The molecule has 0 amide bonds. The average molecular weight is 284 g/mol. The van der Waals surface area contributed by atoms with Crippen LogP contribution in [0.25, 0.3) is 0 Å². The molecule has 1 aliphatic heterocycles. The molecule has 1 aliphatic rings. The maximum absolute atomic E-state index is 12.6. The minimum absolute atomic E-state index is 0.0766. The van der Waals surface area contributed by atoms with Gasteiger partial charge in [0.1, 0.15) is 5.75 Å². The molecule has 4 nitrogen and oxygen atoms in total. The summed E-state index contributed by atoms with van der Waals surface area (Å²) < 4.78 is 16.2. The highest BCUT2D eigenvalue weighted by atomic mass is 16.7. The predicted octanol–water partition coefficient (Wildman–Crippen LogP) is 2.97. The number of methoxy groups -OCH3 is 1. The number of hydrogen-bond donors (Lipinski definition) is 0. The number of carbonyl (C=O) groups is 1. The Kier molecular flexibility index (Phi) is 3.99. The number of benzene rings is 2. The minimum Gasteiger partial charge on any atom is -0.496 e. The van der Waals surface area contributed by atoms with Crippen molar-refractivity contribution in [2.45, 2.75) is 6.29 Å². The van der Waals surface area contributed by atoms with Gasteiger partial charge in [-0.05, 0) is 18.2 Å². The van der Waals surface area contributed by atoms with Crippen molar-refractivity contribution in [1.29, 1.82) is 0 Å². The molecule has 0 N–H and O–H groups in total. The van der Waals surface area contributed by atoms with Gasteiger partial charge in [-0.15, -0.1) is 0 Å². The minimum atomic E-state index is -0.379. The topological polar surface area (TPSA) is 44.8 Å². The summed E-state index contributed by atoms with van der Waals surface area (Å²) in [4.78, 5) is 12.6. The third-order valence-electron chi connectivity index (χ3n) is 3.39. The Hall–Kier alpha value is -2.17. The van der Waals surface area contributed by atoms with E-state index in [-0.39, 0.29) is 12.1 Å². The van der Waals surface area contributed by atoms with Gasteiger partial charge >= 0.3 is 0 Å². The van der Waals surface area contributed by atoms with E-state index in [2.05, 4.69) is 0 Å². The SMILES string of the molecule is COc1ccccc1C(=O)c1cccc(C2OCCO2)c1. The summed E-state index contributed by atoms with van der Waals surface area (Å²) in [5.74, 6) is 0.494. The zero-order valence-corrected chi connectivity index (χ0v) is 11.7. The van der Waals surface area contributed by atoms with Gasteiger partial charge in [-0.25, -0.2) is 0 Å². The van der Waals surface area contributed by atoms with E-state index in [1.807, 2.05) is 30.3 Å². The first-order valence-electron chi connectivity index (χ1n) is 6.80. The van der Waals surface area contributed by atoms with Crippen LogP contribution in [0.15, 0.2) is 48.5 Å². The van der Waals surface area contributed by atoms with E-state index in [0.29, 0.717) is 30.1 Å². The van der Waals surface area contributed by atoms with Crippen LogP contribution in [0.1, 0.15) is 27.8 Å². The molecule has 21 heavy (non-hydrogen) atoms. The Labute approximate surface area is 123 Å². The summed E-state index contributed by atoms with van der Waals surface area (Å²) >= 11 is 0. The molecule has 2 aromatic carbocycles. The van der Waals surface area contributed by atoms with E-state index in [0.717, 1.165) is 5.56 Å². The maximum atomic E-state index is 12.6. The highest BCUT2D eigenvalue weighted by Crippen LogP contribution is 2.26. The quantitative estimate of drug-likeness (QED) is 0.810. The fourth-order valence-electron chi connectivity index (χ4n) is 2.37. The molecule has 1 fully saturated rings. The normalized spacial score (nSPS) is 15.1. The number of hydrogen-bond acceptors (Lipinski definition) is 4. The van der Waals surface area contributed by atoms with Gasteiger partial charge in [-0.3, -0.25) is 4.79 Å². The van der Waals surface area contributed by atoms with Gasteiger partial charge in [0.25, 0.3) is 0 Å². The second kappa shape index (κ2) is 6.08. The van der Waals surface area contributed by atoms with Crippen molar-refractivity contribution in [3.63, 3.8) is 0 Å². The van der Waals surface area contributed by atoms with Crippen molar-refractivity contribution < 1.29 is 19.0 Å². The van der Waals surface area contributed by atoms with Crippen LogP contribution in [0.4, 0.5) is 0 Å². The second-order valence-electron chi connectivity index (χ2n) is 4.73. The van der Waals surface area contributed by atoms with Gasteiger partial charge in [0.05, 0.1) is 25.9 Å². The molecule has 3 rings (SSSR count). The van der Waals surface area contributed by atoms with Gasteiger partial charge in [-0.2, -0.15) is 0 Å². The maximum Gasteiger partial charge on any atom is 0.196 e. The van der Waals surface area contributed by atoms with Gasteiger partial charge in [-0.1, -0.05) is 30.3 Å². The Balaban J connectivity index is 1.92. The van der Waals surface area contributed by atoms with Crippen LogP contribution < -0.4 is 4.74 Å². The Morgan fingerprint density at radius 3 is 2.62 bits per heavy atom. The fourth-order valence-corrected chi connectivity index (χ4v) is 2.37. The summed E-state index contributed by atoms with van der Waals surface area (Å²) in [5.41, 5.74) is 2.00. The molecular formula is C17H16O4. The van der Waals surface area contributed by atoms with Crippen LogP contribution in [-0.2, 0) is 9.47 Å². The summed E-state index contributed by atoms with van der Waals surface area (Å²) in [6.07, 6.45) is -0.379. The third-order valence-corrected chi connectivity index (χ3v) is 3.39. The number of ketones is 1. The number of para-hydroxylation sites is 1. The first kappa shape index (κ1) is 13.8. The number of ether oxygens (including phenoxy) is 3. The van der Waals surface area contributed by atoms with E-state index in [9.17, 15) is 4.79 Å². The number of carbonyl (C=O) groups excluding carboxylic acids is 1. The van der Waals surface area contributed by atoms with Crippen molar-refractivity contribution in [1.82, 2.24) is 0 Å². The van der Waals surface area contributed by atoms with Crippen molar-refractivity contribution in [3.05, 3.63) is 65.2 Å². The molecular weight excluding hydrogens is 268 g/mol. The molecule has 0 atom stereocenters. The standard InChI is InChI=1S/C17H16O4/c1-19-15-8-3-2-7-14(15)16(18)12-5-4-6-13(11-12)17-20-9-10-21-17/h2-8,11,17H,9-10H2,1H3. The molecule has 0 aliphatic carbocycles. The average Bonchev–Trinajstić information content (AvgIpc) is 3.09. The zero-order valence-electron chi connectivity index (χ0n) is 11.7. The van der Waals surface area contributed by atoms with Gasteiger partial charge in [0, 0.05) is 11.1 Å². The fraction of sp³-hybridized carbons (Fsp3) is 0.235. The van der Waals surface area contributed by atoms with E-state index in [4.69, 9.17) is 14.2 Å². The lowest BCUT2D eigenvalue weighted by Gasteiger charge is -2.11. The molecule has 0 aromatic heterocycles. The highest BCUT2D eigenvalue weighted by Gasteiger charge is 2.20. The van der Waals surface area contributed by atoms with Crippen LogP contribution in [0.3, 0.4) is 0 Å². The Morgan fingerprint density at radius 1 is 1.10 bits per heavy atom. The van der Waals surface area contributed by atoms with Crippen molar-refractivity contribution >= 4 is 5.78 Å². The highest BCUT2D eigenvalue weighted by molar-refractivity contribution is 6.10. The second-order valence-corrected chi connectivity index (χ2v) is 4.73. The van der Waals surface area contributed by atoms with E-state index >= 15 is 0 Å². The lowest BCUT2D eigenvalue weighted by Crippen LogP contribution is -2.06. The lowest BCUT2D eigenvalue weighted by atomic mass is 10.0. The van der Waals surface area contributed by atoms with E-state index in [1.54, 1.807) is 25.3 Å². The Bertz CT molecular complexity index is 645. The molecule has 0 unspecified atom stereocenters. The number of rotatable bonds is 4. The molecule has 0 radical (unpaired) electrons. The molecule has 0 saturated carbocycles. The first-order chi connectivity index (χ1) is 10.3. The zero-order chi connectivity index (χ0) is 14.7. The summed E-state index contributed by atoms with van der Waals surface area (Å²) in [6.45, 7) is 1.16. The van der Waals surface area contributed by atoms with Gasteiger partial charge in [0.15, 0.2) is 12.1 Å². The summed E-state index contributed by atoms with van der Waals surface area (Å²) in [7, 11) is 1.56. The van der Waals surface area contributed by atoms with E-state index < -0.39 is 0 Å². The summed E-state index contributed by atoms with van der Waals surface area (Å²) in [5, 5.41) is 0. The van der Waals surface area contributed by atoms with E-state index in [1.165, 1.54) is 0 Å². The van der Waals surface area contributed by atoms with Crippen LogP contribution in [0, 0.1) is 0 Å². The van der Waals surface area contributed by atoms with Crippen molar-refractivity contribution in [2.75, 3.05) is 20.3 Å². The molecule has 108 valence electrons. The van der Waals surface area contributed by atoms with Gasteiger partial charge in [0.2, 0.25) is 0 Å². The lowest BCUT2D eigenvalue weighted by molar-refractivity contribution is -0.0441. The van der Waals surface area contributed by atoms with Gasteiger partial charge < -0.3 is 14.2 Å². The molecule has 1 saturated heterocycles. The molecule has 0 bridgehead atoms. The van der Waals surface area contributed by atoms with Crippen molar-refractivity contribution in [2.24, 2.45) is 0 Å². The van der Waals surface area contributed by atoms with Crippen molar-refractivity contribution in [3.8, 4) is 5.75 Å². The third kappa shape index (κ3) is 2.82. The Morgan fingerprint density at radius 2 is 1.86 bits per heavy atom. The molecule has 1 heterocycles. The molecule has 4 heteroatoms. The largest absolute Gasteiger partial charge is 0.496 e. The summed E-state index contributed by atoms with van der Waals surface area (Å²) in [6, 6.07) is 14.5. The first-order valence-corrected chi connectivity index (χ1v) is 6.80. The van der Waals surface area contributed by atoms with Crippen LogP contribution in [-0.4, -0.2) is 26.1 Å².